The van der Waals surface area contributed by atoms with Crippen LogP contribution in [0.3, 0.4) is 0 Å². The summed E-state index contributed by atoms with van der Waals surface area (Å²) in [5.41, 5.74) is 0.258. The molecule has 5 nitrogen and oxygen atoms in total. The van der Waals surface area contributed by atoms with Crippen molar-refractivity contribution in [3.8, 4) is 10.6 Å². The number of carbonyl (C=O) groups is 1. The van der Waals surface area contributed by atoms with Crippen molar-refractivity contribution < 1.29 is 18.0 Å². The lowest BCUT2D eigenvalue weighted by Crippen LogP contribution is -2.13. The highest BCUT2D eigenvalue weighted by molar-refractivity contribution is 7.17. The molecule has 128 valence electrons. The fourth-order valence-corrected chi connectivity index (χ4v) is 3.02. The van der Waals surface area contributed by atoms with Gasteiger partial charge in [-0.15, -0.1) is 11.3 Å². The highest BCUT2D eigenvalue weighted by Crippen LogP contribution is 2.33. The number of rotatable bonds is 3. The summed E-state index contributed by atoms with van der Waals surface area (Å²) in [6, 6.07) is 6.27. The predicted molar refractivity (Wildman–Crippen MR) is 87.3 cm³/mol. The SMILES string of the molecule is Cc1nc(-c2ccc(C(F)(F)F)cc2)sc1C(=O)Nc1ncccn1. The smallest absolute Gasteiger partial charge is 0.290 e. The number of aromatic nitrogens is 3. The number of nitrogens with one attached hydrogen (secondary N) is 1. The molecule has 0 aliphatic heterocycles. The lowest BCUT2D eigenvalue weighted by atomic mass is 10.1. The van der Waals surface area contributed by atoms with Gasteiger partial charge in [-0.25, -0.2) is 15.0 Å². The van der Waals surface area contributed by atoms with E-state index in [-0.39, 0.29) is 5.95 Å². The normalized spacial score (nSPS) is 11.4. The maximum absolute atomic E-state index is 12.6. The van der Waals surface area contributed by atoms with Crippen LogP contribution in [-0.4, -0.2) is 20.9 Å². The molecule has 0 fully saturated rings. The summed E-state index contributed by atoms with van der Waals surface area (Å²) in [6.07, 6.45) is -1.40. The van der Waals surface area contributed by atoms with Crippen molar-refractivity contribution in [3.63, 3.8) is 0 Å². The largest absolute Gasteiger partial charge is 0.416 e. The third-order valence-electron chi connectivity index (χ3n) is 3.25. The molecule has 25 heavy (non-hydrogen) atoms. The van der Waals surface area contributed by atoms with Crippen LogP contribution in [0.25, 0.3) is 10.6 Å². The number of thiazole rings is 1. The Kier molecular flexibility index (Phi) is 4.49. The highest BCUT2D eigenvalue weighted by atomic mass is 32.1. The fourth-order valence-electron chi connectivity index (χ4n) is 2.05. The van der Waals surface area contributed by atoms with E-state index in [1.807, 2.05) is 0 Å². The molecule has 3 aromatic rings. The molecule has 0 unspecified atom stereocenters. The Labute approximate surface area is 144 Å². The molecule has 1 aromatic carbocycles. The van der Waals surface area contributed by atoms with Gasteiger partial charge >= 0.3 is 6.18 Å². The molecule has 0 aliphatic rings. The van der Waals surface area contributed by atoms with Crippen molar-refractivity contribution in [3.05, 3.63) is 58.9 Å². The Morgan fingerprint density at radius 3 is 2.36 bits per heavy atom. The molecular formula is C16H11F3N4OS. The minimum atomic E-state index is -4.39. The Hall–Kier alpha value is -2.81. The quantitative estimate of drug-likeness (QED) is 0.757. The zero-order valence-electron chi connectivity index (χ0n) is 12.8. The van der Waals surface area contributed by atoms with E-state index < -0.39 is 17.6 Å². The van der Waals surface area contributed by atoms with E-state index in [2.05, 4.69) is 20.3 Å². The minimum absolute atomic E-state index is 0.163. The number of anilines is 1. The van der Waals surface area contributed by atoms with Crippen LogP contribution in [0.2, 0.25) is 0 Å². The molecule has 0 aliphatic carbocycles. The fraction of sp³-hybridized carbons (Fsp3) is 0.125. The van der Waals surface area contributed by atoms with E-state index in [0.29, 0.717) is 21.1 Å². The molecule has 2 heterocycles. The molecule has 3 rings (SSSR count). The summed E-state index contributed by atoms with van der Waals surface area (Å²) in [5, 5.41) is 3.02. The van der Waals surface area contributed by atoms with Gasteiger partial charge < -0.3 is 0 Å². The average molecular weight is 364 g/mol. The molecule has 0 saturated carbocycles. The highest BCUT2D eigenvalue weighted by Gasteiger charge is 2.30. The Morgan fingerprint density at radius 1 is 1.12 bits per heavy atom. The van der Waals surface area contributed by atoms with E-state index >= 15 is 0 Å². The molecule has 2 aromatic heterocycles. The van der Waals surface area contributed by atoms with Crippen molar-refractivity contribution in [1.29, 1.82) is 0 Å². The zero-order chi connectivity index (χ0) is 18.0. The second-order valence-corrected chi connectivity index (χ2v) is 6.03. The Morgan fingerprint density at radius 2 is 1.76 bits per heavy atom. The number of alkyl halides is 3. The first-order valence-corrected chi connectivity index (χ1v) is 7.89. The van der Waals surface area contributed by atoms with Crippen molar-refractivity contribution in [2.75, 3.05) is 5.32 Å². The summed E-state index contributed by atoms with van der Waals surface area (Å²) in [6.45, 7) is 1.66. The minimum Gasteiger partial charge on any atom is -0.290 e. The first-order valence-electron chi connectivity index (χ1n) is 7.08. The van der Waals surface area contributed by atoms with Gasteiger partial charge in [0.1, 0.15) is 9.88 Å². The summed E-state index contributed by atoms with van der Waals surface area (Å²) in [5.74, 6) is -0.254. The molecule has 0 bridgehead atoms. The van der Waals surface area contributed by atoms with Crippen LogP contribution in [0, 0.1) is 6.92 Å². The van der Waals surface area contributed by atoms with Crippen molar-refractivity contribution in [2.45, 2.75) is 13.1 Å². The molecule has 9 heteroatoms. The van der Waals surface area contributed by atoms with Crippen molar-refractivity contribution >= 4 is 23.2 Å². The summed E-state index contributed by atoms with van der Waals surface area (Å²) >= 11 is 1.09. The van der Waals surface area contributed by atoms with Gasteiger partial charge in [0.15, 0.2) is 0 Å². The van der Waals surface area contributed by atoms with E-state index in [1.54, 1.807) is 13.0 Å². The van der Waals surface area contributed by atoms with Crippen LogP contribution < -0.4 is 5.32 Å². The number of aryl methyl sites for hydroxylation is 1. The Bertz CT molecular complexity index is 892. The summed E-state index contributed by atoms with van der Waals surface area (Å²) in [7, 11) is 0. The van der Waals surface area contributed by atoms with E-state index in [4.69, 9.17) is 0 Å². The topological polar surface area (TPSA) is 67.8 Å². The van der Waals surface area contributed by atoms with Gasteiger partial charge in [0.2, 0.25) is 5.95 Å². The molecule has 0 atom stereocenters. The lowest BCUT2D eigenvalue weighted by Gasteiger charge is -2.06. The number of hydrogen-bond donors (Lipinski definition) is 1. The van der Waals surface area contributed by atoms with E-state index in [9.17, 15) is 18.0 Å². The number of carbonyl (C=O) groups excluding carboxylic acids is 1. The van der Waals surface area contributed by atoms with Crippen LogP contribution in [0.1, 0.15) is 20.9 Å². The third kappa shape index (κ3) is 3.82. The molecule has 0 saturated heterocycles. The second kappa shape index (κ2) is 6.60. The standard InChI is InChI=1S/C16H11F3N4OS/c1-9-12(13(24)23-15-20-7-2-8-21-15)25-14(22-9)10-3-5-11(6-4-10)16(17,18)19/h2-8H,1H3,(H,20,21,23,24). The predicted octanol–water partition coefficient (Wildman–Crippen LogP) is 4.18. The van der Waals surface area contributed by atoms with Crippen LogP contribution in [-0.2, 0) is 6.18 Å². The number of nitrogens with zero attached hydrogens (tertiary/aromatic N) is 3. The van der Waals surface area contributed by atoms with Crippen LogP contribution in [0.15, 0.2) is 42.7 Å². The lowest BCUT2D eigenvalue weighted by molar-refractivity contribution is -0.137. The van der Waals surface area contributed by atoms with Gasteiger partial charge in [-0.3, -0.25) is 10.1 Å². The van der Waals surface area contributed by atoms with Crippen LogP contribution in [0.5, 0.6) is 0 Å². The number of halogens is 3. The maximum Gasteiger partial charge on any atom is 0.416 e. The monoisotopic (exact) mass is 364 g/mol. The molecule has 1 amide bonds. The molecule has 0 radical (unpaired) electrons. The van der Waals surface area contributed by atoms with Gasteiger partial charge in [-0.2, -0.15) is 13.2 Å². The Balaban J connectivity index is 1.84. The number of hydrogen-bond acceptors (Lipinski definition) is 5. The van der Waals surface area contributed by atoms with Gasteiger partial charge in [0, 0.05) is 18.0 Å². The van der Waals surface area contributed by atoms with Crippen LogP contribution >= 0.6 is 11.3 Å². The van der Waals surface area contributed by atoms with Gasteiger partial charge in [0.05, 0.1) is 11.3 Å². The van der Waals surface area contributed by atoms with Gasteiger partial charge in [0.25, 0.3) is 5.91 Å². The van der Waals surface area contributed by atoms with Crippen molar-refractivity contribution in [1.82, 2.24) is 15.0 Å². The summed E-state index contributed by atoms with van der Waals surface area (Å²) < 4.78 is 37.9. The summed E-state index contributed by atoms with van der Waals surface area (Å²) in [4.78, 5) is 24.7. The molecular weight excluding hydrogens is 353 g/mol. The first-order chi connectivity index (χ1) is 11.8. The zero-order valence-corrected chi connectivity index (χ0v) is 13.6. The van der Waals surface area contributed by atoms with Crippen LogP contribution in [0.4, 0.5) is 19.1 Å². The molecule has 0 spiro atoms. The van der Waals surface area contributed by atoms with E-state index in [1.165, 1.54) is 24.5 Å². The third-order valence-corrected chi connectivity index (χ3v) is 4.46. The maximum atomic E-state index is 12.6. The van der Waals surface area contributed by atoms with E-state index in [0.717, 1.165) is 23.5 Å². The number of benzene rings is 1. The second-order valence-electron chi connectivity index (χ2n) is 5.04. The number of amides is 1. The van der Waals surface area contributed by atoms with Gasteiger partial charge in [-0.1, -0.05) is 12.1 Å². The average Bonchev–Trinajstić information content (AvgIpc) is 2.97. The molecule has 1 N–H and O–H groups in total. The first kappa shape index (κ1) is 17.0. The van der Waals surface area contributed by atoms with Gasteiger partial charge in [-0.05, 0) is 25.1 Å². The van der Waals surface area contributed by atoms with Crippen molar-refractivity contribution in [2.24, 2.45) is 0 Å².